The molecule has 6 nitrogen and oxygen atoms in total. The lowest BCUT2D eigenvalue weighted by Crippen LogP contribution is -2.48. The largest absolute Gasteiger partial charge is 0.497 e. The van der Waals surface area contributed by atoms with Crippen molar-refractivity contribution >= 4 is 17.7 Å². The van der Waals surface area contributed by atoms with E-state index in [1.165, 1.54) is 0 Å². The van der Waals surface area contributed by atoms with Crippen LogP contribution < -0.4 is 19.1 Å². The molecule has 0 unspecified atom stereocenters. The number of nitrogens with zero attached hydrogens (tertiary/aromatic N) is 2. The van der Waals surface area contributed by atoms with Crippen LogP contribution in [0.25, 0.3) is 6.08 Å². The number of anilines is 1. The number of carbonyl (C=O) groups is 1. The summed E-state index contributed by atoms with van der Waals surface area (Å²) in [5.74, 6) is 2.24. The quantitative estimate of drug-likeness (QED) is 0.719. The fourth-order valence-electron chi connectivity index (χ4n) is 3.18. The smallest absolute Gasteiger partial charge is 0.246 e. The van der Waals surface area contributed by atoms with Crippen LogP contribution in [-0.2, 0) is 4.79 Å². The summed E-state index contributed by atoms with van der Waals surface area (Å²) in [5, 5.41) is 0. The van der Waals surface area contributed by atoms with Gasteiger partial charge in [-0.25, -0.2) is 0 Å². The summed E-state index contributed by atoms with van der Waals surface area (Å²) in [6.07, 6.45) is 3.40. The van der Waals surface area contributed by atoms with Crippen LogP contribution in [0.5, 0.6) is 17.2 Å². The molecule has 0 bridgehead atoms. The van der Waals surface area contributed by atoms with E-state index in [-0.39, 0.29) is 5.91 Å². The number of benzene rings is 2. The Morgan fingerprint density at radius 3 is 1.93 bits per heavy atom. The van der Waals surface area contributed by atoms with Crippen LogP contribution >= 0.6 is 0 Å². The first kappa shape index (κ1) is 19.6. The average molecular weight is 382 g/mol. The number of methoxy groups -OCH3 is 3. The van der Waals surface area contributed by atoms with Crippen molar-refractivity contribution in [3.8, 4) is 17.2 Å². The fraction of sp³-hybridized carbons (Fsp3) is 0.318. The third kappa shape index (κ3) is 4.76. The maximum atomic E-state index is 12.5. The van der Waals surface area contributed by atoms with Crippen molar-refractivity contribution in [3.63, 3.8) is 0 Å². The van der Waals surface area contributed by atoms with Crippen LogP contribution in [0, 0.1) is 0 Å². The van der Waals surface area contributed by atoms with Crippen molar-refractivity contribution in [1.82, 2.24) is 4.90 Å². The number of rotatable bonds is 6. The Bertz CT molecular complexity index is 803. The van der Waals surface area contributed by atoms with Gasteiger partial charge in [0.2, 0.25) is 5.91 Å². The number of carbonyl (C=O) groups excluding carboxylic acids is 1. The topological polar surface area (TPSA) is 51.2 Å². The summed E-state index contributed by atoms with van der Waals surface area (Å²) >= 11 is 0. The number of piperazine rings is 1. The summed E-state index contributed by atoms with van der Waals surface area (Å²) in [6.45, 7) is 2.99. The molecule has 0 aliphatic carbocycles. The van der Waals surface area contributed by atoms with Gasteiger partial charge >= 0.3 is 0 Å². The summed E-state index contributed by atoms with van der Waals surface area (Å²) in [7, 11) is 4.87. The third-order valence-electron chi connectivity index (χ3n) is 4.82. The predicted molar refractivity (Wildman–Crippen MR) is 110 cm³/mol. The first-order chi connectivity index (χ1) is 13.6. The van der Waals surface area contributed by atoms with Crippen molar-refractivity contribution in [2.24, 2.45) is 0 Å². The van der Waals surface area contributed by atoms with Crippen LogP contribution in [-0.4, -0.2) is 58.3 Å². The Morgan fingerprint density at radius 1 is 0.821 bits per heavy atom. The van der Waals surface area contributed by atoms with E-state index in [1.54, 1.807) is 39.5 Å². The summed E-state index contributed by atoms with van der Waals surface area (Å²) in [6, 6.07) is 13.5. The van der Waals surface area contributed by atoms with Crippen LogP contribution in [0.1, 0.15) is 5.56 Å². The summed E-state index contributed by atoms with van der Waals surface area (Å²) in [4.78, 5) is 16.7. The van der Waals surface area contributed by atoms with Crippen LogP contribution in [0.15, 0.2) is 48.5 Å². The molecule has 0 N–H and O–H groups in total. The normalized spacial score (nSPS) is 14.2. The van der Waals surface area contributed by atoms with E-state index in [4.69, 9.17) is 14.2 Å². The van der Waals surface area contributed by atoms with Gasteiger partial charge in [0.25, 0.3) is 0 Å². The van der Waals surface area contributed by atoms with Crippen LogP contribution in [0.2, 0.25) is 0 Å². The maximum absolute atomic E-state index is 12.5. The highest BCUT2D eigenvalue weighted by Gasteiger charge is 2.19. The van der Waals surface area contributed by atoms with E-state index < -0.39 is 0 Å². The van der Waals surface area contributed by atoms with Gasteiger partial charge in [-0.15, -0.1) is 0 Å². The van der Waals surface area contributed by atoms with Gasteiger partial charge in [0.05, 0.1) is 21.3 Å². The van der Waals surface area contributed by atoms with Gasteiger partial charge in [-0.1, -0.05) is 0 Å². The van der Waals surface area contributed by atoms with Crippen LogP contribution in [0.3, 0.4) is 0 Å². The zero-order valence-electron chi connectivity index (χ0n) is 16.6. The van der Waals surface area contributed by atoms with Crippen molar-refractivity contribution in [2.75, 3.05) is 52.4 Å². The molecule has 2 aromatic carbocycles. The van der Waals surface area contributed by atoms with E-state index in [0.29, 0.717) is 24.6 Å². The molecule has 1 aliphatic heterocycles. The Labute approximate surface area is 165 Å². The SMILES string of the molecule is COc1ccc(N2CCN(C(=O)/C=C/c3cc(OC)cc(OC)c3)CC2)cc1. The Balaban J connectivity index is 1.58. The number of hydrogen-bond donors (Lipinski definition) is 0. The minimum Gasteiger partial charge on any atom is -0.497 e. The van der Waals surface area contributed by atoms with E-state index in [9.17, 15) is 4.79 Å². The molecule has 1 saturated heterocycles. The number of hydrogen-bond acceptors (Lipinski definition) is 5. The molecule has 3 rings (SSSR count). The second-order valence-electron chi connectivity index (χ2n) is 6.49. The Kier molecular flexibility index (Phi) is 6.42. The highest BCUT2D eigenvalue weighted by Crippen LogP contribution is 2.24. The molecule has 2 aromatic rings. The number of ether oxygens (including phenoxy) is 3. The second kappa shape index (κ2) is 9.17. The molecule has 28 heavy (non-hydrogen) atoms. The second-order valence-corrected chi connectivity index (χ2v) is 6.49. The lowest BCUT2D eigenvalue weighted by atomic mass is 10.1. The van der Waals surface area contributed by atoms with Gasteiger partial charge in [-0.3, -0.25) is 4.79 Å². The molecular formula is C22H26N2O4. The van der Waals surface area contributed by atoms with E-state index in [1.807, 2.05) is 41.3 Å². The molecule has 0 spiro atoms. The minimum atomic E-state index is 0.0103. The summed E-state index contributed by atoms with van der Waals surface area (Å²) in [5.41, 5.74) is 2.01. The molecule has 1 fully saturated rings. The van der Waals surface area contributed by atoms with Crippen molar-refractivity contribution in [1.29, 1.82) is 0 Å². The fourth-order valence-corrected chi connectivity index (χ4v) is 3.18. The third-order valence-corrected chi connectivity index (χ3v) is 4.82. The van der Waals surface area contributed by atoms with Gasteiger partial charge in [0.1, 0.15) is 17.2 Å². The molecule has 0 saturated carbocycles. The molecule has 1 aliphatic rings. The molecule has 0 radical (unpaired) electrons. The predicted octanol–water partition coefficient (Wildman–Crippen LogP) is 3.07. The molecule has 0 aromatic heterocycles. The first-order valence-corrected chi connectivity index (χ1v) is 9.22. The molecule has 0 atom stereocenters. The van der Waals surface area contributed by atoms with Crippen molar-refractivity contribution < 1.29 is 19.0 Å². The van der Waals surface area contributed by atoms with Gasteiger partial charge < -0.3 is 24.0 Å². The van der Waals surface area contributed by atoms with E-state index >= 15 is 0 Å². The molecule has 6 heteroatoms. The van der Waals surface area contributed by atoms with Gasteiger partial charge in [0, 0.05) is 44.0 Å². The lowest BCUT2D eigenvalue weighted by Gasteiger charge is -2.35. The highest BCUT2D eigenvalue weighted by atomic mass is 16.5. The molecule has 148 valence electrons. The van der Waals surface area contributed by atoms with Crippen molar-refractivity contribution in [2.45, 2.75) is 0 Å². The Morgan fingerprint density at radius 2 is 1.39 bits per heavy atom. The standard InChI is InChI=1S/C22H26N2O4/c1-26-19-7-5-18(6-8-19)23-10-12-24(13-11-23)22(25)9-4-17-14-20(27-2)16-21(15-17)28-3/h4-9,14-16H,10-13H2,1-3H3/b9-4+. The van der Waals surface area contributed by atoms with Gasteiger partial charge in [-0.2, -0.15) is 0 Å². The number of amides is 1. The highest BCUT2D eigenvalue weighted by molar-refractivity contribution is 5.92. The van der Waals surface area contributed by atoms with Crippen LogP contribution in [0.4, 0.5) is 5.69 Å². The zero-order chi connectivity index (χ0) is 19.9. The van der Waals surface area contributed by atoms with Gasteiger partial charge in [0.15, 0.2) is 0 Å². The maximum Gasteiger partial charge on any atom is 0.246 e. The van der Waals surface area contributed by atoms with Crippen molar-refractivity contribution in [3.05, 3.63) is 54.1 Å². The Hall–Kier alpha value is -3.15. The van der Waals surface area contributed by atoms with E-state index in [0.717, 1.165) is 30.1 Å². The van der Waals surface area contributed by atoms with Gasteiger partial charge in [-0.05, 0) is 48.0 Å². The zero-order valence-corrected chi connectivity index (χ0v) is 16.6. The summed E-state index contributed by atoms with van der Waals surface area (Å²) < 4.78 is 15.7. The lowest BCUT2D eigenvalue weighted by molar-refractivity contribution is -0.126. The van der Waals surface area contributed by atoms with E-state index in [2.05, 4.69) is 4.90 Å². The first-order valence-electron chi connectivity index (χ1n) is 9.22. The average Bonchev–Trinajstić information content (AvgIpc) is 2.77. The molecule has 1 heterocycles. The molecular weight excluding hydrogens is 356 g/mol. The molecule has 1 amide bonds. The minimum absolute atomic E-state index is 0.0103. The monoisotopic (exact) mass is 382 g/mol.